The van der Waals surface area contributed by atoms with Crippen molar-refractivity contribution in [1.29, 1.82) is 0 Å². The Labute approximate surface area is 63.2 Å². The Hall–Kier alpha value is -0.0800. The van der Waals surface area contributed by atoms with Crippen molar-refractivity contribution >= 4 is 0 Å². The second-order valence-corrected chi connectivity index (χ2v) is 2.65. The normalized spacial score (nSPS) is 21.3. The molecule has 1 aliphatic heterocycles. The highest BCUT2D eigenvalue weighted by Crippen LogP contribution is 2.02. The van der Waals surface area contributed by atoms with Crippen LogP contribution in [-0.4, -0.2) is 31.2 Å². The first-order chi connectivity index (χ1) is 4.93. The number of unbranched alkanes of at least 4 members (excludes halogenated alkanes) is 1. The van der Waals surface area contributed by atoms with E-state index >= 15 is 0 Å². The van der Waals surface area contributed by atoms with Crippen LogP contribution in [-0.2, 0) is 4.74 Å². The molecular weight excluding hydrogens is 126 g/mol. The second-order valence-electron chi connectivity index (χ2n) is 2.65. The Morgan fingerprint density at radius 1 is 1.60 bits per heavy atom. The van der Waals surface area contributed by atoms with Crippen molar-refractivity contribution in [3.63, 3.8) is 0 Å². The summed E-state index contributed by atoms with van der Waals surface area (Å²) in [6.45, 7) is 8.38. The van der Waals surface area contributed by atoms with Crippen molar-refractivity contribution in [3.8, 4) is 0 Å². The smallest absolute Gasteiger partial charge is 0.0638 e. The molecule has 0 unspecified atom stereocenters. The van der Waals surface area contributed by atoms with E-state index in [1.807, 2.05) is 0 Å². The molecule has 0 aromatic rings. The van der Waals surface area contributed by atoms with Gasteiger partial charge in [0, 0.05) is 6.54 Å². The van der Waals surface area contributed by atoms with E-state index in [1.165, 1.54) is 19.4 Å². The van der Waals surface area contributed by atoms with Gasteiger partial charge in [-0.15, -0.1) is 0 Å². The summed E-state index contributed by atoms with van der Waals surface area (Å²) >= 11 is 0. The minimum absolute atomic E-state index is 0.809. The molecule has 1 aliphatic rings. The van der Waals surface area contributed by atoms with Crippen molar-refractivity contribution in [2.75, 3.05) is 26.3 Å². The van der Waals surface area contributed by atoms with Crippen LogP contribution in [0.2, 0.25) is 0 Å². The molecule has 1 rings (SSSR count). The van der Waals surface area contributed by atoms with E-state index in [9.17, 15) is 0 Å². The summed E-state index contributed by atoms with van der Waals surface area (Å²) in [6.07, 6.45) is 2.59. The van der Waals surface area contributed by atoms with Crippen LogP contribution in [0.25, 0.3) is 0 Å². The molecule has 2 nitrogen and oxygen atoms in total. The number of morpholine rings is 1. The van der Waals surface area contributed by atoms with Crippen molar-refractivity contribution in [2.24, 2.45) is 0 Å². The summed E-state index contributed by atoms with van der Waals surface area (Å²) in [5.41, 5.74) is 0. The molecule has 1 saturated heterocycles. The molecule has 0 aromatic carbocycles. The van der Waals surface area contributed by atoms with Crippen LogP contribution in [0.3, 0.4) is 0 Å². The Morgan fingerprint density at radius 2 is 2.50 bits per heavy atom. The fourth-order valence-corrected chi connectivity index (χ4v) is 1.08. The maximum absolute atomic E-state index is 5.18. The molecular formula is C8H16NO. The predicted octanol–water partition coefficient (Wildman–Crippen LogP) is 1.28. The van der Waals surface area contributed by atoms with E-state index in [2.05, 4.69) is 18.4 Å². The maximum Gasteiger partial charge on any atom is 0.0638 e. The summed E-state index contributed by atoms with van der Waals surface area (Å²) in [7, 11) is 0. The zero-order valence-corrected chi connectivity index (χ0v) is 6.68. The lowest BCUT2D eigenvalue weighted by Gasteiger charge is -2.25. The third-order valence-corrected chi connectivity index (χ3v) is 1.77. The summed E-state index contributed by atoms with van der Waals surface area (Å²) in [5, 5.41) is 0. The number of ether oxygens (including phenoxy) is 1. The third-order valence-electron chi connectivity index (χ3n) is 1.77. The van der Waals surface area contributed by atoms with Gasteiger partial charge in [0.25, 0.3) is 0 Å². The number of hydrogen-bond donors (Lipinski definition) is 0. The van der Waals surface area contributed by atoms with Gasteiger partial charge in [0.15, 0.2) is 0 Å². The highest BCUT2D eigenvalue weighted by molar-refractivity contribution is 4.71. The standard InChI is InChI=1S/C8H16NO/c1-2-3-4-9-5-7-10-8-6-9/h5H,2-4,6-8H2,1H3. The molecule has 0 aliphatic carbocycles. The van der Waals surface area contributed by atoms with Crippen LogP contribution in [0.4, 0.5) is 0 Å². The minimum Gasteiger partial charge on any atom is -0.378 e. The molecule has 1 fully saturated rings. The van der Waals surface area contributed by atoms with Crippen molar-refractivity contribution < 1.29 is 4.74 Å². The Kier molecular flexibility index (Phi) is 3.76. The van der Waals surface area contributed by atoms with E-state index in [1.54, 1.807) is 0 Å². The topological polar surface area (TPSA) is 12.5 Å². The molecule has 1 heterocycles. The molecule has 0 aromatic heterocycles. The first-order valence-corrected chi connectivity index (χ1v) is 4.08. The third kappa shape index (κ3) is 2.67. The van der Waals surface area contributed by atoms with Crippen LogP contribution >= 0.6 is 0 Å². The average molecular weight is 142 g/mol. The SMILES string of the molecule is CCCCN1[CH]COCC1. The first-order valence-electron chi connectivity index (χ1n) is 4.08. The molecule has 0 saturated carbocycles. The van der Waals surface area contributed by atoms with Gasteiger partial charge in [-0.3, -0.25) is 4.90 Å². The fraction of sp³-hybridized carbons (Fsp3) is 0.875. The lowest BCUT2D eigenvalue weighted by atomic mass is 10.3. The van der Waals surface area contributed by atoms with Gasteiger partial charge in [-0.25, -0.2) is 0 Å². The van der Waals surface area contributed by atoms with E-state index in [0.717, 1.165) is 19.8 Å². The molecule has 0 N–H and O–H groups in total. The summed E-state index contributed by atoms with van der Waals surface area (Å²) < 4.78 is 5.18. The predicted molar refractivity (Wildman–Crippen MR) is 41.6 cm³/mol. The minimum atomic E-state index is 0.809. The summed E-state index contributed by atoms with van der Waals surface area (Å²) in [5.74, 6) is 0. The zero-order valence-electron chi connectivity index (χ0n) is 6.68. The highest BCUT2D eigenvalue weighted by atomic mass is 16.5. The van der Waals surface area contributed by atoms with Crippen molar-refractivity contribution in [3.05, 3.63) is 6.54 Å². The van der Waals surface area contributed by atoms with E-state index in [0.29, 0.717) is 0 Å². The van der Waals surface area contributed by atoms with Crippen LogP contribution < -0.4 is 0 Å². The lowest BCUT2D eigenvalue weighted by Crippen LogP contribution is -2.32. The van der Waals surface area contributed by atoms with Crippen molar-refractivity contribution in [2.45, 2.75) is 19.8 Å². The molecule has 59 valence electrons. The van der Waals surface area contributed by atoms with Crippen LogP contribution in [0.1, 0.15) is 19.8 Å². The Bertz CT molecular complexity index is 79.3. The molecule has 0 spiro atoms. The van der Waals surface area contributed by atoms with Gasteiger partial charge in [0.2, 0.25) is 0 Å². The molecule has 0 atom stereocenters. The molecule has 1 radical (unpaired) electrons. The summed E-state index contributed by atoms with van der Waals surface area (Å²) in [6, 6.07) is 0. The number of hydrogen-bond acceptors (Lipinski definition) is 2. The quantitative estimate of drug-likeness (QED) is 0.588. The maximum atomic E-state index is 5.18. The number of rotatable bonds is 3. The van der Waals surface area contributed by atoms with Crippen LogP contribution in [0.15, 0.2) is 0 Å². The molecule has 0 amide bonds. The fourth-order valence-electron chi connectivity index (χ4n) is 1.08. The van der Waals surface area contributed by atoms with Gasteiger partial charge >= 0.3 is 0 Å². The molecule has 10 heavy (non-hydrogen) atoms. The lowest BCUT2D eigenvalue weighted by molar-refractivity contribution is 0.0674. The van der Waals surface area contributed by atoms with E-state index in [-0.39, 0.29) is 0 Å². The van der Waals surface area contributed by atoms with Crippen molar-refractivity contribution in [1.82, 2.24) is 4.90 Å². The second kappa shape index (κ2) is 4.69. The van der Waals surface area contributed by atoms with Gasteiger partial charge in [0.05, 0.1) is 19.8 Å². The highest BCUT2D eigenvalue weighted by Gasteiger charge is 2.08. The van der Waals surface area contributed by atoms with Gasteiger partial charge in [-0.2, -0.15) is 0 Å². The number of nitrogens with zero attached hydrogens (tertiary/aromatic N) is 1. The molecule has 2 heteroatoms. The van der Waals surface area contributed by atoms with Gasteiger partial charge in [-0.1, -0.05) is 13.3 Å². The summed E-state index contributed by atoms with van der Waals surface area (Å²) in [4.78, 5) is 2.35. The monoisotopic (exact) mass is 142 g/mol. The van der Waals surface area contributed by atoms with Gasteiger partial charge in [-0.05, 0) is 13.0 Å². The Morgan fingerprint density at radius 3 is 3.10 bits per heavy atom. The van der Waals surface area contributed by atoms with Crippen LogP contribution in [0.5, 0.6) is 0 Å². The van der Waals surface area contributed by atoms with Crippen LogP contribution in [0, 0.1) is 6.54 Å². The largest absolute Gasteiger partial charge is 0.378 e. The van der Waals surface area contributed by atoms with Gasteiger partial charge < -0.3 is 4.74 Å². The zero-order chi connectivity index (χ0) is 7.23. The average Bonchev–Trinajstić information content (AvgIpc) is 2.03. The van der Waals surface area contributed by atoms with E-state index < -0.39 is 0 Å². The first kappa shape index (κ1) is 8.02. The van der Waals surface area contributed by atoms with E-state index in [4.69, 9.17) is 4.74 Å². The Balaban J connectivity index is 2.02. The molecule has 0 bridgehead atoms. The van der Waals surface area contributed by atoms with Gasteiger partial charge in [0.1, 0.15) is 0 Å².